The van der Waals surface area contributed by atoms with E-state index in [0.29, 0.717) is 5.75 Å². The van der Waals surface area contributed by atoms with Gasteiger partial charge in [-0.3, -0.25) is 4.79 Å². The van der Waals surface area contributed by atoms with Gasteiger partial charge in [0, 0.05) is 25.8 Å². The van der Waals surface area contributed by atoms with Gasteiger partial charge in [0.15, 0.2) is 0 Å². The largest absolute Gasteiger partial charge is 0.497 e. The Labute approximate surface area is 181 Å². The summed E-state index contributed by atoms with van der Waals surface area (Å²) in [6.07, 6.45) is -0.0130. The van der Waals surface area contributed by atoms with Crippen LogP contribution in [-0.2, 0) is 36.3 Å². The van der Waals surface area contributed by atoms with Crippen molar-refractivity contribution in [2.24, 2.45) is 0 Å². The molecule has 31 heavy (non-hydrogen) atoms. The van der Waals surface area contributed by atoms with Crippen LogP contribution in [0.4, 0.5) is 4.39 Å². The zero-order chi connectivity index (χ0) is 22.6. The van der Waals surface area contributed by atoms with Crippen molar-refractivity contribution in [3.05, 3.63) is 65.5 Å². The van der Waals surface area contributed by atoms with Crippen LogP contribution < -0.4 is 4.74 Å². The normalized spacial score (nSPS) is 21.6. The van der Waals surface area contributed by atoms with E-state index in [0.717, 1.165) is 9.87 Å². The molecule has 2 aromatic carbocycles. The number of methoxy groups -OCH3 is 2. The minimum Gasteiger partial charge on any atom is -0.497 e. The molecule has 0 saturated carbocycles. The van der Waals surface area contributed by atoms with E-state index >= 15 is 0 Å². The van der Waals surface area contributed by atoms with Crippen LogP contribution in [0, 0.1) is 5.82 Å². The topological polar surface area (TPSA) is 82.1 Å². The van der Waals surface area contributed by atoms with Gasteiger partial charge in [0.05, 0.1) is 20.8 Å². The number of hydrogen-bond acceptors (Lipinski definition) is 6. The highest BCUT2D eigenvalue weighted by atomic mass is 32.2. The lowest BCUT2D eigenvalue weighted by atomic mass is 9.73. The molecule has 1 fully saturated rings. The Hall–Kier alpha value is -2.49. The van der Waals surface area contributed by atoms with Gasteiger partial charge >= 0.3 is 5.97 Å². The van der Waals surface area contributed by atoms with Crippen LogP contribution in [0.15, 0.2) is 48.5 Å². The molecule has 2 aromatic rings. The van der Waals surface area contributed by atoms with Gasteiger partial charge in [-0.25, -0.2) is 17.1 Å². The molecular weight excluding hydrogens is 425 g/mol. The van der Waals surface area contributed by atoms with Gasteiger partial charge in [-0.05, 0) is 30.2 Å². The maximum Gasteiger partial charge on any atom is 0.317 e. The molecule has 2 atom stereocenters. The van der Waals surface area contributed by atoms with Crippen LogP contribution >= 0.6 is 0 Å². The molecule has 2 unspecified atom stereocenters. The molecular formula is C22H26FNO6S. The van der Waals surface area contributed by atoms with Crippen molar-refractivity contribution in [3.63, 3.8) is 0 Å². The first-order valence-electron chi connectivity index (χ1n) is 9.76. The molecule has 0 amide bonds. The predicted molar refractivity (Wildman–Crippen MR) is 113 cm³/mol. The number of benzene rings is 2. The molecule has 1 aliphatic heterocycles. The number of carbonyl (C=O) groups is 1. The first-order valence-corrected chi connectivity index (χ1v) is 11.3. The number of ether oxygens (including phenoxy) is 3. The Kier molecular flexibility index (Phi) is 6.98. The second-order valence-corrected chi connectivity index (χ2v) is 9.63. The number of sulfonamides is 1. The van der Waals surface area contributed by atoms with Gasteiger partial charge in [-0.1, -0.05) is 30.3 Å². The molecule has 0 aliphatic carbocycles. The highest BCUT2D eigenvalue weighted by molar-refractivity contribution is 7.89. The Balaban J connectivity index is 2.03. The third kappa shape index (κ3) is 4.30. The quantitative estimate of drug-likeness (QED) is 0.602. The smallest absolute Gasteiger partial charge is 0.317 e. The van der Waals surface area contributed by atoms with Gasteiger partial charge in [0.25, 0.3) is 0 Å². The second-order valence-electron chi connectivity index (χ2n) is 7.41. The molecule has 1 heterocycles. The van der Waals surface area contributed by atoms with E-state index in [2.05, 4.69) is 0 Å². The van der Waals surface area contributed by atoms with Gasteiger partial charge in [-0.15, -0.1) is 0 Å². The third-order valence-corrected chi connectivity index (χ3v) is 7.98. The molecule has 0 spiro atoms. The Bertz CT molecular complexity index is 1030. The lowest BCUT2D eigenvalue weighted by molar-refractivity contribution is -0.151. The van der Waals surface area contributed by atoms with E-state index in [-0.39, 0.29) is 31.7 Å². The van der Waals surface area contributed by atoms with Crippen molar-refractivity contribution < 1.29 is 31.8 Å². The summed E-state index contributed by atoms with van der Waals surface area (Å²) in [6, 6.07) is 12.7. The Morgan fingerprint density at radius 3 is 2.48 bits per heavy atom. The highest BCUT2D eigenvalue weighted by Gasteiger charge is 2.57. The second kappa shape index (κ2) is 9.33. The summed E-state index contributed by atoms with van der Waals surface area (Å²) in [5.41, 5.74) is -0.986. The van der Waals surface area contributed by atoms with Gasteiger partial charge in [-0.2, -0.15) is 0 Å². The van der Waals surface area contributed by atoms with Crippen molar-refractivity contribution in [2.45, 2.75) is 23.6 Å². The van der Waals surface area contributed by atoms with E-state index in [9.17, 15) is 17.6 Å². The summed E-state index contributed by atoms with van der Waals surface area (Å²) in [5.74, 6) is -0.806. The molecule has 9 heteroatoms. The molecule has 0 radical (unpaired) electrons. The van der Waals surface area contributed by atoms with Gasteiger partial charge < -0.3 is 14.2 Å². The molecule has 0 aromatic heterocycles. The van der Waals surface area contributed by atoms with Crippen LogP contribution in [0.5, 0.6) is 5.75 Å². The zero-order valence-corrected chi connectivity index (χ0v) is 18.5. The van der Waals surface area contributed by atoms with Crippen LogP contribution in [0.3, 0.4) is 0 Å². The minimum atomic E-state index is -4.09. The predicted octanol–water partition coefficient (Wildman–Crippen LogP) is 2.50. The number of rotatable bonds is 7. The fourth-order valence-electron chi connectivity index (χ4n) is 4.02. The number of halogens is 1. The first kappa shape index (κ1) is 23.2. The van der Waals surface area contributed by atoms with Crippen LogP contribution in [0.2, 0.25) is 0 Å². The average molecular weight is 452 g/mol. The standard InChI is InChI=1S/C22H26FNO6S/c1-24(14-16-8-10-17(28-2)11-9-16)31(26,27)20-15-30-13-12-22(20,21(25)29-3)18-6-4-5-7-19(18)23/h4-11,20H,12-15H2,1-3H3. The summed E-state index contributed by atoms with van der Waals surface area (Å²) in [6.45, 7) is -0.0757. The Morgan fingerprint density at radius 2 is 1.87 bits per heavy atom. The molecule has 168 valence electrons. The monoisotopic (exact) mass is 451 g/mol. The van der Waals surface area contributed by atoms with Crippen molar-refractivity contribution in [1.29, 1.82) is 0 Å². The van der Waals surface area contributed by atoms with Gasteiger partial charge in [0.2, 0.25) is 10.0 Å². The first-order chi connectivity index (χ1) is 14.8. The van der Waals surface area contributed by atoms with Crippen molar-refractivity contribution in [3.8, 4) is 5.75 Å². The van der Waals surface area contributed by atoms with Gasteiger partial charge in [0.1, 0.15) is 22.2 Å². The summed E-state index contributed by atoms with van der Waals surface area (Å²) in [7, 11) is 0.0514. The number of carbonyl (C=O) groups excluding carboxylic acids is 1. The van der Waals surface area contributed by atoms with Crippen molar-refractivity contribution in [1.82, 2.24) is 4.31 Å². The highest BCUT2D eigenvalue weighted by Crippen LogP contribution is 2.42. The SMILES string of the molecule is COC(=O)C1(c2ccccc2F)CCOCC1S(=O)(=O)N(C)Cc1ccc(OC)cc1. The maximum absolute atomic E-state index is 14.8. The number of hydrogen-bond donors (Lipinski definition) is 0. The zero-order valence-electron chi connectivity index (χ0n) is 17.7. The van der Waals surface area contributed by atoms with E-state index < -0.39 is 32.5 Å². The van der Waals surface area contributed by atoms with Crippen LogP contribution in [0.25, 0.3) is 0 Å². The lowest BCUT2D eigenvalue weighted by Crippen LogP contribution is -2.59. The summed E-state index contributed by atoms with van der Waals surface area (Å²) in [5, 5.41) is -1.35. The molecule has 0 bridgehead atoms. The summed E-state index contributed by atoms with van der Waals surface area (Å²) >= 11 is 0. The number of nitrogens with zero attached hydrogens (tertiary/aromatic N) is 1. The minimum absolute atomic E-state index is 0.00317. The summed E-state index contributed by atoms with van der Waals surface area (Å²) in [4.78, 5) is 13.0. The number of esters is 1. The molecule has 0 N–H and O–H groups in total. The van der Waals surface area contributed by atoms with Crippen molar-refractivity contribution >= 4 is 16.0 Å². The van der Waals surface area contributed by atoms with E-state index in [1.807, 2.05) is 0 Å². The molecule has 1 saturated heterocycles. The van der Waals surface area contributed by atoms with Crippen molar-refractivity contribution in [2.75, 3.05) is 34.5 Å². The van der Waals surface area contributed by atoms with E-state index in [1.54, 1.807) is 37.4 Å². The maximum atomic E-state index is 14.8. The fourth-order valence-corrected chi connectivity index (χ4v) is 5.90. The molecule has 3 rings (SSSR count). The lowest BCUT2D eigenvalue weighted by Gasteiger charge is -2.42. The van der Waals surface area contributed by atoms with E-state index in [1.165, 1.54) is 32.4 Å². The van der Waals surface area contributed by atoms with Crippen LogP contribution in [0.1, 0.15) is 17.5 Å². The fraction of sp³-hybridized carbons (Fsp3) is 0.409. The summed E-state index contributed by atoms with van der Waals surface area (Å²) < 4.78 is 58.8. The Morgan fingerprint density at radius 1 is 1.19 bits per heavy atom. The van der Waals surface area contributed by atoms with Crippen LogP contribution in [-0.4, -0.2) is 58.4 Å². The third-order valence-electron chi connectivity index (χ3n) is 5.72. The molecule has 1 aliphatic rings. The average Bonchev–Trinajstić information content (AvgIpc) is 2.79. The van der Waals surface area contributed by atoms with E-state index in [4.69, 9.17) is 14.2 Å². The molecule has 7 nitrogen and oxygen atoms in total.